The second kappa shape index (κ2) is 24.8. The molecule has 2 N–H and O–H groups in total. The zero-order valence-corrected chi connectivity index (χ0v) is 45.5. The average Bonchev–Trinajstić information content (AvgIpc) is 3.30. The van der Waals surface area contributed by atoms with Crippen molar-refractivity contribution >= 4 is 34.5 Å². The summed E-state index contributed by atoms with van der Waals surface area (Å²) in [5.41, 5.74) is 5.15. The summed E-state index contributed by atoms with van der Waals surface area (Å²) < 4.78 is 37.8. The number of ether oxygens (including phenoxy) is 5. The van der Waals surface area contributed by atoms with E-state index < -0.39 is 58.3 Å². The van der Waals surface area contributed by atoms with Crippen molar-refractivity contribution in [2.75, 3.05) is 6.61 Å². The molecule has 3 atom stereocenters. The summed E-state index contributed by atoms with van der Waals surface area (Å²) in [4.78, 5) is 41.1. The Morgan fingerprint density at radius 1 is 0.600 bits per heavy atom. The van der Waals surface area contributed by atoms with Crippen LogP contribution in [0.15, 0.2) is 127 Å². The van der Waals surface area contributed by atoms with E-state index in [9.17, 15) is 14.4 Å². The summed E-state index contributed by atoms with van der Waals surface area (Å²) >= 11 is 0. The van der Waals surface area contributed by atoms with Gasteiger partial charge < -0.3 is 38.7 Å². The fourth-order valence-corrected chi connectivity index (χ4v) is 9.19. The predicted molar refractivity (Wildman–Crippen MR) is 284 cm³/mol. The molecule has 0 unspecified atom stereocenters. The molecule has 0 spiro atoms. The largest absolute Gasteiger partial charge is 0.489 e. The lowest BCUT2D eigenvalue weighted by molar-refractivity contribution is -0.145. The van der Waals surface area contributed by atoms with E-state index in [4.69, 9.17) is 28.1 Å². The van der Waals surface area contributed by atoms with Gasteiger partial charge in [0.1, 0.15) is 43.0 Å². The van der Waals surface area contributed by atoms with Gasteiger partial charge in [0.2, 0.25) is 0 Å². The van der Waals surface area contributed by atoms with Gasteiger partial charge in [0, 0.05) is 20.1 Å². The first-order valence-electron chi connectivity index (χ1n) is 24.4. The van der Waals surface area contributed by atoms with E-state index >= 15 is 0 Å². The number of alkyl carbamates (subject to hydrolysis) is 2. The summed E-state index contributed by atoms with van der Waals surface area (Å²) in [6.45, 7) is 26.0. The van der Waals surface area contributed by atoms with Gasteiger partial charge in [0.25, 0.3) is 0 Å². The summed E-state index contributed by atoms with van der Waals surface area (Å²) in [6, 6.07) is 40.3. The Labute approximate surface area is 419 Å². The van der Waals surface area contributed by atoms with Crippen LogP contribution >= 0.6 is 0 Å². The minimum absolute atomic E-state index is 0.0324. The molecule has 0 aliphatic heterocycles. The smallest absolute Gasteiger partial charge is 0.408 e. The molecule has 0 heterocycles. The van der Waals surface area contributed by atoms with Crippen molar-refractivity contribution in [2.24, 2.45) is 0 Å². The Bertz CT molecular complexity index is 2450. The van der Waals surface area contributed by atoms with E-state index in [-0.39, 0.29) is 31.3 Å². The van der Waals surface area contributed by atoms with Gasteiger partial charge in [0.05, 0.1) is 18.8 Å². The average molecular weight is 989 g/mol. The van der Waals surface area contributed by atoms with Crippen LogP contribution in [0.3, 0.4) is 0 Å². The van der Waals surface area contributed by atoms with Gasteiger partial charge in [-0.25, -0.2) is 14.4 Å². The monoisotopic (exact) mass is 989 g/mol. The highest BCUT2D eigenvalue weighted by Gasteiger charge is 2.42. The highest BCUT2D eigenvalue weighted by atomic mass is 28.4. The van der Waals surface area contributed by atoms with Crippen molar-refractivity contribution in [1.82, 2.24) is 10.6 Å². The van der Waals surface area contributed by atoms with Gasteiger partial charge in [-0.3, -0.25) is 0 Å². The van der Waals surface area contributed by atoms with Gasteiger partial charge in [-0.05, 0) is 109 Å². The molecule has 0 bridgehead atoms. The maximum atomic E-state index is 14.1. The first-order valence-corrected chi connectivity index (χ1v) is 31.0. The van der Waals surface area contributed by atoms with Crippen LogP contribution < -0.4 is 20.1 Å². The molecule has 5 aromatic carbocycles. The summed E-state index contributed by atoms with van der Waals surface area (Å²) in [7, 11) is -4.08. The van der Waals surface area contributed by atoms with Crippen LogP contribution in [0.5, 0.6) is 11.5 Å². The number of rotatable bonds is 22. The molecular weight excluding hydrogens is 913 g/mol. The number of carbonyl (C=O) groups is 3. The lowest BCUT2D eigenvalue weighted by Crippen LogP contribution is -2.48. The van der Waals surface area contributed by atoms with E-state index in [0.29, 0.717) is 30.1 Å². The number of nitrogens with one attached hydrogen (secondary N) is 2. The standard InChI is InChI=1S/C57H76N2O9Si2/c1-13-48(58-55(62)67-56(2,3)4)52(68-70(11,12)57(5,6)7)47-36-45(30-32-51(47)65-39-42-25-19-15-20-26-42)44-29-31-50(64-38-41-23-17-14-18-24-41)46(35-44)37-49(53(60)63-33-34-69(8,9)10)59-54(61)66-40-43-27-21-16-22-28-43/h14-32,35-36,48-49,52H,13,33-34,37-40H2,1-12H3,(H,58,62)(H,59,61)/t48-,49-,52+/m0/s1. The molecule has 2 amide bonds. The molecule has 0 aliphatic carbocycles. The number of amides is 2. The fraction of sp³-hybridized carbons (Fsp3) is 0.421. The predicted octanol–water partition coefficient (Wildman–Crippen LogP) is 13.6. The Hall–Kier alpha value is -5.90. The molecule has 376 valence electrons. The highest BCUT2D eigenvalue weighted by molar-refractivity contribution is 6.76. The highest BCUT2D eigenvalue weighted by Crippen LogP contribution is 2.44. The number of hydrogen-bond donors (Lipinski definition) is 2. The molecule has 0 fully saturated rings. The third kappa shape index (κ3) is 17.5. The Balaban J connectivity index is 1.62. The van der Waals surface area contributed by atoms with Crippen LogP contribution in [0.2, 0.25) is 43.8 Å². The maximum Gasteiger partial charge on any atom is 0.408 e. The molecule has 5 aromatic rings. The van der Waals surface area contributed by atoms with Crippen molar-refractivity contribution in [3.63, 3.8) is 0 Å². The number of benzene rings is 5. The molecule has 13 heteroatoms. The topological polar surface area (TPSA) is 131 Å². The summed E-state index contributed by atoms with van der Waals surface area (Å²) in [5.74, 6) is 0.593. The van der Waals surface area contributed by atoms with Crippen LogP contribution in [-0.2, 0) is 49.7 Å². The van der Waals surface area contributed by atoms with Crippen molar-refractivity contribution < 1.29 is 42.5 Å². The summed E-state index contributed by atoms with van der Waals surface area (Å²) in [6.07, 6.45) is -1.34. The van der Waals surface area contributed by atoms with Gasteiger partial charge >= 0.3 is 18.2 Å². The van der Waals surface area contributed by atoms with E-state index in [2.05, 4.69) is 70.2 Å². The van der Waals surface area contributed by atoms with Crippen molar-refractivity contribution in [3.8, 4) is 22.6 Å². The fourth-order valence-electron chi connectivity index (χ4n) is 7.20. The van der Waals surface area contributed by atoms with Gasteiger partial charge in [-0.1, -0.05) is 150 Å². The molecular formula is C57H76N2O9Si2. The second-order valence-electron chi connectivity index (χ2n) is 21.5. The third-order valence-electron chi connectivity index (χ3n) is 12.2. The minimum atomic E-state index is -2.53. The molecule has 5 rings (SSSR count). The van der Waals surface area contributed by atoms with Crippen LogP contribution in [0.25, 0.3) is 11.1 Å². The van der Waals surface area contributed by atoms with Crippen molar-refractivity contribution in [3.05, 3.63) is 155 Å². The Kier molecular flexibility index (Phi) is 19.5. The molecule has 0 aliphatic rings. The van der Waals surface area contributed by atoms with Crippen molar-refractivity contribution in [1.29, 1.82) is 0 Å². The zero-order chi connectivity index (χ0) is 51.1. The number of esters is 1. The lowest BCUT2D eigenvalue weighted by Gasteiger charge is -2.42. The normalized spacial score (nSPS) is 13.3. The maximum absolute atomic E-state index is 14.1. The molecule has 0 aromatic heterocycles. The van der Waals surface area contributed by atoms with E-state index in [1.165, 1.54) is 0 Å². The van der Waals surface area contributed by atoms with Crippen molar-refractivity contribution in [2.45, 2.75) is 149 Å². The van der Waals surface area contributed by atoms with Crippen LogP contribution in [0.1, 0.15) is 88.8 Å². The third-order valence-corrected chi connectivity index (χ3v) is 18.4. The Morgan fingerprint density at radius 3 is 1.63 bits per heavy atom. The number of hydrogen-bond acceptors (Lipinski definition) is 9. The van der Waals surface area contributed by atoms with E-state index in [0.717, 1.165) is 39.4 Å². The van der Waals surface area contributed by atoms with Gasteiger partial charge in [-0.15, -0.1) is 0 Å². The molecule has 11 nitrogen and oxygen atoms in total. The summed E-state index contributed by atoms with van der Waals surface area (Å²) in [5, 5.41) is 5.83. The number of carbonyl (C=O) groups excluding carboxylic acids is 3. The van der Waals surface area contributed by atoms with Gasteiger partial charge in [-0.2, -0.15) is 0 Å². The molecule has 0 saturated carbocycles. The lowest BCUT2D eigenvalue weighted by atomic mass is 9.93. The zero-order valence-electron chi connectivity index (χ0n) is 43.5. The van der Waals surface area contributed by atoms with Crippen LogP contribution in [-0.4, -0.2) is 58.8 Å². The molecule has 0 radical (unpaired) electrons. The quantitative estimate of drug-likeness (QED) is 0.0395. The second-order valence-corrected chi connectivity index (χ2v) is 31.9. The Morgan fingerprint density at radius 2 is 1.11 bits per heavy atom. The molecule has 0 saturated heterocycles. The van der Waals surface area contributed by atoms with Gasteiger partial charge in [0.15, 0.2) is 8.32 Å². The van der Waals surface area contributed by atoms with E-state index in [1.54, 1.807) is 0 Å². The minimum Gasteiger partial charge on any atom is -0.489 e. The molecule has 70 heavy (non-hydrogen) atoms. The van der Waals surface area contributed by atoms with Crippen LogP contribution in [0, 0.1) is 0 Å². The first kappa shape index (κ1) is 55.0. The SMILES string of the molecule is CC[C@H](NC(=O)OC(C)(C)C)[C@H](O[Si](C)(C)C(C)(C)C)c1cc(-c2ccc(OCc3ccccc3)c(C[C@H](NC(=O)OCc3ccccc3)C(=O)OCC[Si](C)(C)C)c2)ccc1OCc1ccccc1. The first-order chi connectivity index (χ1) is 33.0. The van der Waals surface area contributed by atoms with Crippen LogP contribution in [0.4, 0.5) is 9.59 Å². The van der Waals surface area contributed by atoms with E-state index in [1.807, 2.05) is 149 Å².